The highest BCUT2D eigenvalue weighted by atomic mass is 16.6. The van der Waals surface area contributed by atoms with Crippen LogP contribution in [0.2, 0.25) is 0 Å². The first-order chi connectivity index (χ1) is 7.65. The number of rotatable bonds is 3. The fourth-order valence-corrected chi connectivity index (χ4v) is 1.37. The van der Waals surface area contributed by atoms with Gasteiger partial charge in [0, 0.05) is 19.5 Å². The van der Waals surface area contributed by atoms with Crippen LogP contribution in [0.3, 0.4) is 0 Å². The molecule has 1 saturated heterocycles. The Labute approximate surface area is 93.4 Å². The zero-order valence-electron chi connectivity index (χ0n) is 8.92. The van der Waals surface area contributed by atoms with Crippen molar-refractivity contribution in [3.8, 4) is 0 Å². The molecule has 6 heteroatoms. The Bertz CT molecular complexity index is 278. The van der Waals surface area contributed by atoms with E-state index >= 15 is 0 Å². The lowest BCUT2D eigenvalue weighted by Crippen LogP contribution is -2.34. The van der Waals surface area contributed by atoms with E-state index in [0.717, 1.165) is 0 Å². The summed E-state index contributed by atoms with van der Waals surface area (Å²) >= 11 is 0. The van der Waals surface area contributed by atoms with Crippen LogP contribution in [0.1, 0.15) is 6.42 Å². The van der Waals surface area contributed by atoms with Crippen molar-refractivity contribution in [3.05, 3.63) is 12.7 Å². The van der Waals surface area contributed by atoms with Crippen molar-refractivity contribution in [2.24, 2.45) is 0 Å². The molecule has 16 heavy (non-hydrogen) atoms. The third-order valence-corrected chi connectivity index (χ3v) is 2.20. The fraction of sp³-hybridized carbons (Fsp3) is 0.600. The molecule has 0 radical (unpaired) electrons. The first kappa shape index (κ1) is 12.5. The third kappa shape index (κ3) is 3.54. The number of nitrogens with zero attached hydrogens (tertiary/aromatic N) is 1. The average molecular weight is 229 g/mol. The van der Waals surface area contributed by atoms with Gasteiger partial charge in [-0.25, -0.2) is 9.59 Å². The van der Waals surface area contributed by atoms with Crippen molar-refractivity contribution < 1.29 is 24.2 Å². The Hall–Kier alpha value is -1.56. The molecule has 0 aromatic heterocycles. The second-order valence-electron chi connectivity index (χ2n) is 3.34. The van der Waals surface area contributed by atoms with Crippen LogP contribution in [-0.4, -0.2) is 54.5 Å². The molecule has 1 amide bonds. The van der Waals surface area contributed by atoms with Crippen molar-refractivity contribution in [2.75, 3.05) is 26.3 Å². The number of hydrogen-bond donors (Lipinski definition) is 1. The number of aliphatic carboxylic acids is 1. The molecule has 0 aromatic rings. The van der Waals surface area contributed by atoms with Crippen molar-refractivity contribution >= 4 is 12.1 Å². The highest BCUT2D eigenvalue weighted by molar-refractivity contribution is 5.72. The Morgan fingerprint density at radius 3 is 2.94 bits per heavy atom. The highest BCUT2D eigenvalue weighted by Crippen LogP contribution is 2.08. The monoisotopic (exact) mass is 229 g/mol. The van der Waals surface area contributed by atoms with E-state index in [4.69, 9.17) is 14.6 Å². The molecule has 0 spiro atoms. The summed E-state index contributed by atoms with van der Waals surface area (Å²) in [6, 6.07) is 0. The van der Waals surface area contributed by atoms with Crippen LogP contribution in [0, 0.1) is 0 Å². The van der Waals surface area contributed by atoms with Gasteiger partial charge in [0.2, 0.25) is 0 Å². The molecule has 0 bridgehead atoms. The second kappa shape index (κ2) is 6.12. The number of amides is 1. The van der Waals surface area contributed by atoms with Crippen molar-refractivity contribution in [1.82, 2.24) is 4.90 Å². The zero-order chi connectivity index (χ0) is 12.0. The van der Waals surface area contributed by atoms with Gasteiger partial charge in [-0.2, -0.15) is 0 Å². The molecule has 6 nitrogen and oxygen atoms in total. The van der Waals surface area contributed by atoms with E-state index in [1.165, 1.54) is 11.0 Å². The molecule has 0 aromatic carbocycles. The first-order valence-electron chi connectivity index (χ1n) is 5.02. The highest BCUT2D eigenvalue weighted by Gasteiger charge is 2.25. The molecule has 90 valence electrons. The van der Waals surface area contributed by atoms with Crippen molar-refractivity contribution in [1.29, 1.82) is 0 Å². The molecule has 1 atom stereocenters. The maximum absolute atomic E-state index is 11.4. The normalized spacial score (nSPS) is 21.0. The van der Waals surface area contributed by atoms with Gasteiger partial charge in [0.05, 0.1) is 6.61 Å². The summed E-state index contributed by atoms with van der Waals surface area (Å²) in [4.78, 5) is 23.6. The summed E-state index contributed by atoms with van der Waals surface area (Å²) in [5, 5.41) is 8.76. The minimum absolute atomic E-state index is 0.151. The van der Waals surface area contributed by atoms with Crippen LogP contribution >= 0.6 is 0 Å². The Balaban J connectivity index is 2.43. The third-order valence-electron chi connectivity index (χ3n) is 2.20. The topological polar surface area (TPSA) is 76.1 Å². The zero-order valence-corrected chi connectivity index (χ0v) is 8.92. The number of carboxylic acid groups (broad SMARTS) is 1. The smallest absolute Gasteiger partial charge is 0.410 e. The van der Waals surface area contributed by atoms with Crippen LogP contribution in [-0.2, 0) is 14.3 Å². The first-order valence-corrected chi connectivity index (χ1v) is 5.02. The summed E-state index contributed by atoms with van der Waals surface area (Å²) in [5.74, 6) is -0.999. The summed E-state index contributed by atoms with van der Waals surface area (Å²) in [5.41, 5.74) is 0. The predicted molar refractivity (Wildman–Crippen MR) is 55.1 cm³/mol. The molecule has 1 unspecified atom stereocenters. The Kier molecular flexibility index (Phi) is 4.78. The SMILES string of the molecule is C=CCOC(=O)N1CCOC(C(=O)O)CC1. The Morgan fingerprint density at radius 2 is 2.31 bits per heavy atom. The minimum Gasteiger partial charge on any atom is -0.479 e. The van der Waals surface area contributed by atoms with E-state index in [-0.39, 0.29) is 19.6 Å². The van der Waals surface area contributed by atoms with E-state index in [1.807, 2.05) is 0 Å². The molecule has 1 rings (SSSR count). The Morgan fingerprint density at radius 1 is 1.56 bits per heavy atom. The lowest BCUT2D eigenvalue weighted by molar-refractivity contribution is -0.149. The maximum Gasteiger partial charge on any atom is 0.410 e. The standard InChI is InChI=1S/C10H15NO5/c1-2-6-16-10(14)11-4-3-8(9(12)13)15-7-5-11/h2,8H,1,3-7H2,(H,12,13). The van der Waals surface area contributed by atoms with E-state index < -0.39 is 18.2 Å². The maximum atomic E-state index is 11.4. The number of carbonyl (C=O) groups excluding carboxylic acids is 1. The molecule has 0 saturated carbocycles. The molecule has 1 fully saturated rings. The van der Waals surface area contributed by atoms with Gasteiger partial charge in [-0.3, -0.25) is 0 Å². The lowest BCUT2D eigenvalue weighted by atomic mass is 10.2. The fourth-order valence-electron chi connectivity index (χ4n) is 1.37. The van der Waals surface area contributed by atoms with Crippen LogP contribution in [0.4, 0.5) is 4.79 Å². The largest absolute Gasteiger partial charge is 0.479 e. The van der Waals surface area contributed by atoms with Crippen LogP contribution in [0.5, 0.6) is 0 Å². The van der Waals surface area contributed by atoms with Gasteiger partial charge in [0.15, 0.2) is 6.10 Å². The molecule has 0 aliphatic carbocycles. The van der Waals surface area contributed by atoms with Gasteiger partial charge in [-0.1, -0.05) is 12.7 Å². The van der Waals surface area contributed by atoms with Gasteiger partial charge in [0.1, 0.15) is 6.61 Å². The summed E-state index contributed by atoms with van der Waals surface area (Å²) in [7, 11) is 0. The lowest BCUT2D eigenvalue weighted by Gasteiger charge is -2.18. The minimum atomic E-state index is -0.999. The molecular weight excluding hydrogens is 214 g/mol. The van der Waals surface area contributed by atoms with Crippen LogP contribution in [0.25, 0.3) is 0 Å². The molecule has 1 N–H and O–H groups in total. The number of ether oxygens (including phenoxy) is 2. The van der Waals surface area contributed by atoms with Crippen LogP contribution in [0.15, 0.2) is 12.7 Å². The van der Waals surface area contributed by atoms with Gasteiger partial charge in [-0.15, -0.1) is 0 Å². The predicted octanol–water partition coefficient (Wildman–Crippen LogP) is 0.484. The van der Waals surface area contributed by atoms with E-state index in [9.17, 15) is 9.59 Å². The van der Waals surface area contributed by atoms with Crippen molar-refractivity contribution in [3.63, 3.8) is 0 Å². The summed E-state index contributed by atoms with van der Waals surface area (Å²) in [6.07, 6.45) is 0.455. The molecular formula is C10H15NO5. The summed E-state index contributed by atoms with van der Waals surface area (Å²) in [6.45, 7) is 4.47. The van der Waals surface area contributed by atoms with Gasteiger partial charge in [-0.05, 0) is 0 Å². The molecule has 1 aliphatic rings. The molecule has 1 heterocycles. The van der Waals surface area contributed by atoms with E-state index in [1.54, 1.807) is 0 Å². The van der Waals surface area contributed by atoms with Gasteiger partial charge >= 0.3 is 12.1 Å². The van der Waals surface area contributed by atoms with E-state index in [2.05, 4.69) is 6.58 Å². The quantitative estimate of drug-likeness (QED) is 0.712. The number of hydrogen-bond acceptors (Lipinski definition) is 4. The second-order valence-corrected chi connectivity index (χ2v) is 3.34. The van der Waals surface area contributed by atoms with Gasteiger partial charge < -0.3 is 19.5 Å². The average Bonchev–Trinajstić information content (AvgIpc) is 2.51. The number of carbonyl (C=O) groups is 2. The van der Waals surface area contributed by atoms with Gasteiger partial charge in [0.25, 0.3) is 0 Å². The molecule has 1 aliphatic heterocycles. The van der Waals surface area contributed by atoms with E-state index in [0.29, 0.717) is 13.1 Å². The summed E-state index contributed by atoms with van der Waals surface area (Å²) < 4.78 is 9.93. The number of carboxylic acids is 1. The van der Waals surface area contributed by atoms with Crippen molar-refractivity contribution in [2.45, 2.75) is 12.5 Å². The van der Waals surface area contributed by atoms with Crippen LogP contribution < -0.4 is 0 Å².